The summed E-state index contributed by atoms with van der Waals surface area (Å²) in [6.45, 7) is 5.51. The van der Waals surface area contributed by atoms with Crippen molar-refractivity contribution in [1.82, 2.24) is 5.16 Å². The molecule has 1 amide bonds. The Morgan fingerprint density at radius 3 is 2.15 bits per heavy atom. The Morgan fingerprint density at radius 1 is 0.963 bits per heavy atom. The van der Waals surface area contributed by atoms with Crippen LogP contribution in [0, 0.1) is 20.8 Å². The molecule has 3 rings (SSSR count). The standard InChI is InChI=1S/C19H19N3O4S/c1-12-8-13(2)10-16(9-12)22-27(24,25)17-6-4-15(5-7-17)19(23)20-18-11-14(3)26-21-18/h4-11,22H,1-3H3,(H,20,21,23). The van der Waals surface area contributed by atoms with Crippen LogP contribution in [0.5, 0.6) is 0 Å². The fourth-order valence-corrected chi connectivity index (χ4v) is 3.69. The second-order valence-electron chi connectivity index (χ2n) is 6.28. The van der Waals surface area contributed by atoms with Gasteiger partial charge in [-0.1, -0.05) is 11.2 Å². The summed E-state index contributed by atoms with van der Waals surface area (Å²) < 4.78 is 32.6. The van der Waals surface area contributed by atoms with Gasteiger partial charge in [-0.05, 0) is 68.3 Å². The lowest BCUT2D eigenvalue weighted by Crippen LogP contribution is -2.15. The van der Waals surface area contributed by atoms with Crippen molar-refractivity contribution >= 4 is 27.4 Å². The number of rotatable bonds is 5. The minimum absolute atomic E-state index is 0.0653. The summed E-state index contributed by atoms with van der Waals surface area (Å²) >= 11 is 0. The Balaban J connectivity index is 1.76. The zero-order chi connectivity index (χ0) is 19.6. The van der Waals surface area contributed by atoms with Crippen LogP contribution in [-0.4, -0.2) is 19.5 Å². The molecule has 27 heavy (non-hydrogen) atoms. The Labute approximate surface area is 157 Å². The highest BCUT2D eigenvalue weighted by Gasteiger charge is 2.16. The van der Waals surface area contributed by atoms with Crippen molar-refractivity contribution in [3.8, 4) is 0 Å². The number of hydrogen-bond acceptors (Lipinski definition) is 5. The van der Waals surface area contributed by atoms with Crippen LogP contribution in [0.2, 0.25) is 0 Å². The van der Waals surface area contributed by atoms with E-state index < -0.39 is 15.9 Å². The fourth-order valence-electron chi connectivity index (χ4n) is 2.65. The number of nitrogens with one attached hydrogen (secondary N) is 2. The minimum Gasteiger partial charge on any atom is -0.360 e. The molecule has 1 heterocycles. The van der Waals surface area contributed by atoms with E-state index in [9.17, 15) is 13.2 Å². The molecule has 0 unspecified atom stereocenters. The number of nitrogens with zero attached hydrogens (tertiary/aromatic N) is 1. The Kier molecular flexibility index (Phi) is 5.00. The zero-order valence-electron chi connectivity index (χ0n) is 15.1. The lowest BCUT2D eigenvalue weighted by atomic mass is 10.1. The lowest BCUT2D eigenvalue weighted by Gasteiger charge is -2.10. The van der Waals surface area contributed by atoms with Gasteiger partial charge in [-0.15, -0.1) is 0 Å². The van der Waals surface area contributed by atoms with Gasteiger partial charge in [-0.2, -0.15) is 0 Å². The summed E-state index contributed by atoms with van der Waals surface area (Å²) in [7, 11) is -3.75. The van der Waals surface area contributed by atoms with Gasteiger partial charge in [0.2, 0.25) is 0 Å². The summed E-state index contributed by atoms with van der Waals surface area (Å²) in [5.41, 5.74) is 2.72. The second kappa shape index (κ2) is 7.24. The number of aromatic nitrogens is 1. The van der Waals surface area contributed by atoms with Crippen molar-refractivity contribution in [2.75, 3.05) is 10.0 Å². The van der Waals surface area contributed by atoms with Crippen LogP contribution in [0.1, 0.15) is 27.2 Å². The van der Waals surface area contributed by atoms with E-state index in [0.717, 1.165) is 11.1 Å². The molecule has 0 bridgehead atoms. The van der Waals surface area contributed by atoms with Gasteiger partial charge < -0.3 is 9.84 Å². The molecular weight excluding hydrogens is 366 g/mol. The first kappa shape index (κ1) is 18.7. The summed E-state index contributed by atoms with van der Waals surface area (Å²) in [5.74, 6) is 0.462. The predicted octanol–water partition coefficient (Wildman–Crippen LogP) is 3.65. The SMILES string of the molecule is Cc1cc(C)cc(NS(=O)(=O)c2ccc(C(=O)Nc3cc(C)on3)cc2)c1. The largest absolute Gasteiger partial charge is 0.360 e. The number of carbonyl (C=O) groups is 1. The van der Waals surface area contributed by atoms with Gasteiger partial charge in [0.05, 0.1) is 4.90 Å². The van der Waals surface area contributed by atoms with Gasteiger partial charge in [-0.25, -0.2) is 8.42 Å². The summed E-state index contributed by atoms with van der Waals surface area (Å²) in [6.07, 6.45) is 0. The van der Waals surface area contributed by atoms with E-state index in [4.69, 9.17) is 4.52 Å². The minimum atomic E-state index is -3.75. The van der Waals surface area contributed by atoms with Crippen LogP contribution < -0.4 is 10.0 Å². The van der Waals surface area contributed by atoms with E-state index in [2.05, 4.69) is 15.2 Å². The maximum absolute atomic E-state index is 12.6. The average Bonchev–Trinajstić information content (AvgIpc) is 2.98. The highest BCUT2D eigenvalue weighted by molar-refractivity contribution is 7.92. The van der Waals surface area contributed by atoms with Gasteiger partial charge in [0, 0.05) is 17.3 Å². The molecule has 0 aliphatic heterocycles. The molecule has 0 radical (unpaired) electrons. The molecule has 0 aliphatic carbocycles. The molecule has 1 aromatic heterocycles. The zero-order valence-corrected chi connectivity index (χ0v) is 15.9. The van der Waals surface area contributed by atoms with Crippen molar-refractivity contribution in [2.24, 2.45) is 0 Å². The first-order valence-electron chi connectivity index (χ1n) is 8.19. The van der Waals surface area contributed by atoms with E-state index in [0.29, 0.717) is 22.8 Å². The number of benzene rings is 2. The number of anilines is 2. The van der Waals surface area contributed by atoms with Crippen LogP contribution >= 0.6 is 0 Å². The normalized spacial score (nSPS) is 11.2. The number of amides is 1. The Bertz CT molecular complexity index is 1070. The summed E-state index contributed by atoms with van der Waals surface area (Å²) in [4.78, 5) is 12.3. The van der Waals surface area contributed by atoms with Crippen LogP contribution in [0.4, 0.5) is 11.5 Å². The van der Waals surface area contributed by atoms with Crippen molar-refractivity contribution in [3.63, 3.8) is 0 Å². The molecule has 2 aromatic carbocycles. The highest BCUT2D eigenvalue weighted by Crippen LogP contribution is 2.20. The van der Waals surface area contributed by atoms with Crippen LogP contribution in [0.3, 0.4) is 0 Å². The van der Waals surface area contributed by atoms with E-state index in [1.165, 1.54) is 24.3 Å². The molecule has 8 heteroatoms. The smallest absolute Gasteiger partial charge is 0.261 e. The van der Waals surface area contributed by atoms with Gasteiger partial charge in [0.25, 0.3) is 15.9 Å². The van der Waals surface area contributed by atoms with Crippen LogP contribution in [0.25, 0.3) is 0 Å². The maximum atomic E-state index is 12.6. The van der Waals surface area contributed by atoms with E-state index in [1.807, 2.05) is 19.9 Å². The van der Waals surface area contributed by atoms with Gasteiger partial charge >= 0.3 is 0 Å². The molecule has 140 valence electrons. The van der Waals surface area contributed by atoms with Crippen LogP contribution in [0.15, 0.2) is 57.9 Å². The van der Waals surface area contributed by atoms with Gasteiger partial charge in [0.1, 0.15) is 5.76 Å². The second-order valence-corrected chi connectivity index (χ2v) is 7.97. The van der Waals surface area contributed by atoms with Crippen molar-refractivity contribution < 1.29 is 17.7 Å². The molecule has 7 nitrogen and oxygen atoms in total. The average molecular weight is 385 g/mol. The number of aryl methyl sites for hydroxylation is 3. The van der Waals surface area contributed by atoms with Crippen LogP contribution in [-0.2, 0) is 10.0 Å². The Morgan fingerprint density at radius 2 is 1.59 bits per heavy atom. The molecular formula is C19H19N3O4S. The summed E-state index contributed by atoms with van der Waals surface area (Å²) in [5, 5.41) is 6.27. The molecule has 0 atom stereocenters. The topological polar surface area (TPSA) is 101 Å². The summed E-state index contributed by atoms with van der Waals surface area (Å²) in [6, 6.07) is 12.7. The maximum Gasteiger partial charge on any atom is 0.261 e. The first-order valence-corrected chi connectivity index (χ1v) is 9.67. The Hall–Kier alpha value is -3.13. The molecule has 0 fully saturated rings. The van der Waals surface area contributed by atoms with Gasteiger partial charge in [0.15, 0.2) is 5.82 Å². The predicted molar refractivity (Wildman–Crippen MR) is 102 cm³/mol. The lowest BCUT2D eigenvalue weighted by molar-refractivity contribution is 0.102. The highest BCUT2D eigenvalue weighted by atomic mass is 32.2. The number of carbonyl (C=O) groups excluding carboxylic acids is 1. The molecule has 3 aromatic rings. The third-order valence-corrected chi connectivity index (χ3v) is 5.17. The van der Waals surface area contributed by atoms with Crippen molar-refractivity contribution in [2.45, 2.75) is 25.7 Å². The number of sulfonamides is 1. The molecule has 0 saturated carbocycles. The molecule has 0 saturated heterocycles. The molecule has 0 aliphatic rings. The molecule has 2 N–H and O–H groups in total. The van der Waals surface area contributed by atoms with Gasteiger partial charge in [-0.3, -0.25) is 9.52 Å². The fraction of sp³-hybridized carbons (Fsp3) is 0.158. The first-order chi connectivity index (χ1) is 12.7. The third kappa shape index (κ3) is 4.53. The van der Waals surface area contributed by atoms with Crippen molar-refractivity contribution in [1.29, 1.82) is 0 Å². The van der Waals surface area contributed by atoms with E-state index in [1.54, 1.807) is 25.1 Å². The third-order valence-electron chi connectivity index (χ3n) is 3.77. The quantitative estimate of drug-likeness (QED) is 0.698. The molecule has 0 spiro atoms. The van der Waals surface area contributed by atoms with E-state index in [-0.39, 0.29) is 4.90 Å². The monoisotopic (exact) mass is 385 g/mol. The van der Waals surface area contributed by atoms with E-state index >= 15 is 0 Å². The van der Waals surface area contributed by atoms with Crippen molar-refractivity contribution in [3.05, 3.63) is 71.0 Å². The number of hydrogen-bond donors (Lipinski definition) is 2.